The summed E-state index contributed by atoms with van der Waals surface area (Å²) in [5.41, 5.74) is 6.88. The van der Waals surface area contributed by atoms with Crippen LogP contribution in [0, 0.1) is 5.82 Å². The van der Waals surface area contributed by atoms with E-state index < -0.39 is 0 Å². The summed E-state index contributed by atoms with van der Waals surface area (Å²) in [5.74, 6) is -0.246. The van der Waals surface area contributed by atoms with Crippen LogP contribution in [0.25, 0.3) is 0 Å². The fourth-order valence-corrected chi connectivity index (χ4v) is 2.14. The lowest BCUT2D eigenvalue weighted by molar-refractivity contribution is 0.128. The zero-order valence-corrected chi connectivity index (χ0v) is 13.4. The Labute approximate surface area is 131 Å². The van der Waals surface area contributed by atoms with Crippen LogP contribution in [0.5, 0.6) is 0 Å². The lowest BCUT2D eigenvalue weighted by Crippen LogP contribution is -2.29. The van der Waals surface area contributed by atoms with Crippen LogP contribution in [0.4, 0.5) is 4.39 Å². The molecule has 0 fully saturated rings. The van der Waals surface area contributed by atoms with Gasteiger partial charge in [0.15, 0.2) is 0 Å². The van der Waals surface area contributed by atoms with E-state index >= 15 is 0 Å². The first-order valence-electron chi connectivity index (χ1n) is 6.87. The molecule has 118 valence electrons. The summed E-state index contributed by atoms with van der Waals surface area (Å²) >= 11 is 4.94. The number of hydrogen-bond acceptors (Lipinski definition) is 4. The van der Waals surface area contributed by atoms with Gasteiger partial charge in [-0.1, -0.05) is 12.2 Å². The Kier molecular flexibility index (Phi) is 8.37. The van der Waals surface area contributed by atoms with Gasteiger partial charge < -0.3 is 15.2 Å². The zero-order valence-electron chi connectivity index (χ0n) is 12.6. The smallest absolute Gasteiger partial charge is 0.127 e. The van der Waals surface area contributed by atoms with Crippen molar-refractivity contribution in [1.82, 2.24) is 4.90 Å². The van der Waals surface area contributed by atoms with Gasteiger partial charge in [-0.3, -0.25) is 4.90 Å². The third kappa shape index (κ3) is 6.48. The number of methoxy groups -OCH3 is 2. The molecule has 0 atom stereocenters. The second-order valence-electron chi connectivity index (χ2n) is 4.79. The van der Waals surface area contributed by atoms with Gasteiger partial charge in [0, 0.05) is 51.6 Å². The van der Waals surface area contributed by atoms with Crippen LogP contribution in [0.1, 0.15) is 17.5 Å². The minimum absolute atomic E-state index is 0.246. The summed E-state index contributed by atoms with van der Waals surface area (Å²) in [7, 11) is 3.33. The second-order valence-corrected chi connectivity index (χ2v) is 5.23. The Hall–Kier alpha value is -1.08. The maximum absolute atomic E-state index is 13.9. The van der Waals surface area contributed by atoms with Crippen molar-refractivity contribution in [3.63, 3.8) is 0 Å². The molecule has 0 amide bonds. The van der Waals surface area contributed by atoms with Crippen LogP contribution >= 0.6 is 12.2 Å². The first kappa shape index (κ1) is 18.0. The minimum atomic E-state index is -0.246. The first-order chi connectivity index (χ1) is 10.1. The van der Waals surface area contributed by atoms with E-state index in [9.17, 15) is 4.39 Å². The van der Waals surface area contributed by atoms with Gasteiger partial charge >= 0.3 is 0 Å². The first-order valence-corrected chi connectivity index (χ1v) is 7.27. The van der Waals surface area contributed by atoms with Gasteiger partial charge in [0.2, 0.25) is 0 Å². The predicted molar refractivity (Wildman–Crippen MR) is 85.9 cm³/mol. The van der Waals surface area contributed by atoms with E-state index in [4.69, 9.17) is 27.4 Å². The molecule has 21 heavy (non-hydrogen) atoms. The van der Waals surface area contributed by atoms with Gasteiger partial charge in [-0.05, 0) is 24.6 Å². The molecule has 0 aliphatic carbocycles. The van der Waals surface area contributed by atoms with E-state index in [1.807, 2.05) is 0 Å². The molecule has 0 aromatic heterocycles. The number of ether oxygens (including phenoxy) is 2. The Balaban J connectivity index is 2.75. The molecule has 0 heterocycles. The van der Waals surface area contributed by atoms with Gasteiger partial charge in [-0.25, -0.2) is 4.39 Å². The van der Waals surface area contributed by atoms with E-state index in [2.05, 4.69) is 4.90 Å². The summed E-state index contributed by atoms with van der Waals surface area (Å²) in [6.45, 7) is 3.32. The molecule has 0 aliphatic heterocycles. The Morgan fingerprint density at radius 1 is 1.24 bits per heavy atom. The quantitative estimate of drug-likeness (QED) is 0.528. The van der Waals surface area contributed by atoms with Crippen molar-refractivity contribution in [1.29, 1.82) is 0 Å². The molecule has 0 saturated heterocycles. The SMILES string of the molecule is COCCCN(CCOC)Cc1cc(C(N)=S)ccc1F. The maximum Gasteiger partial charge on any atom is 0.127 e. The van der Waals surface area contributed by atoms with E-state index in [1.54, 1.807) is 26.4 Å². The Morgan fingerprint density at radius 3 is 2.57 bits per heavy atom. The van der Waals surface area contributed by atoms with E-state index in [1.165, 1.54) is 6.07 Å². The Bertz CT molecular complexity index is 457. The number of rotatable bonds is 10. The molecule has 0 spiro atoms. The third-order valence-electron chi connectivity index (χ3n) is 3.16. The molecular weight excluding hydrogens is 291 g/mol. The van der Waals surface area contributed by atoms with Gasteiger partial charge in [-0.15, -0.1) is 0 Å². The number of nitrogens with zero attached hydrogens (tertiary/aromatic N) is 1. The molecule has 0 radical (unpaired) electrons. The van der Waals surface area contributed by atoms with Crippen LogP contribution < -0.4 is 5.73 Å². The molecule has 0 aliphatic rings. The van der Waals surface area contributed by atoms with Gasteiger partial charge in [-0.2, -0.15) is 0 Å². The number of benzene rings is 1. The minimum Gasteiger partial charge on any atom is -0.389 e. The van der Waals surface area contributed by atoms with Crippen molar-refractivity contribution < 1.29 is 13.9 Å². The number of nitrogens with two attached hydrogens (primary N) is 1. The maximum atomic E-state index is 13.9. The summed E-state index contributed by atoms with van der Waals surface area (Å²) < 4.78 is 24.1. The molecule has 1 aromatic rings. The number of halogens is 1. The topological polar surface area (TPSA) is 47.7 Å². The van der Waals surface area contributed by atoms with Crippen LogP contribution in [-0.2, 0) is 16.0 Å². The lowest BCUT2D eigenvalue weighted by Gasteiger charge is -2.22. The van der Waals surface area contributed by atoms with Gasteiger partial charge in [0.05, 0.1) is 6.61 Å². The number of hydrogen-bond donors (Lipinski definition) is 1. The normalized spacial score (nSPS) is 11.0. The summed E-state index contributed by atoms with van der Waals surface area (Å²) in [5, 5.41) is 0. The van der Waals surface area contributed by atoms with Gasteiger partial charge in [0.1, 0.15) is 10.8 Å². The van der Waals surface area contributed by atoms with Crippen LogP contribution in [0.2, 0.25) is 0 Å². The van der Waals surface area contributed by atoms with Crippen LogP contribution in [-0.4, -0.2) is 50.4 Å². The molecule has 1 rings (SSSR count). The molecule has 0 unspecified atom stereocenters. The summed E-state index contributed by atoms with van der Waals surface area (Å²) in [6, 6.07) is 4.73. The highest BCUT2D eigenvalue weighted by Gasteiger charge is 2.11. The molecule has 0 bridgehead atoms. The fraction of sp³-hybridized carbons (Fsp3) is 0.533. The molecule has 4 nitrogen and oxygen atoms in total. The molecule has 2 N–H and O–H groups in total. The highest BCUT2D eigenvalue weighted by molar-refractivity contribution is 7.80. The van der Waals surface area contributed by atoms with E-state index in [0.717, 1.165) is 19.5 Å². The predicted octanol–water partition coefficient (Wildman–Crippen LogP) is 1.94. The summed E-state index contributed by atoms with van der Waals surface area (Å²) in [6.07, 6.45) is 0.886. The van der Waals surface area contributed by atoms with Crippen molar-refractivity contribution >= 4 is 17.2 Å². The monoisotopic (exact) mass is 314 g/mol. The number of thiocarbonyl (C=S) groups is 1. The fourth-order valence-electron chi connectivity index (χ4n) is 2.01. The van der Waals surface area contributed by atoms with Crippen molar-refractivity contribution in [2.24, 2.45) is 5.73 Å². The summed E-state index contributed by atoms with van der Waals surface area (Å²) in [4.78, 5) is 2.41. The third-order valence-corrected chi connectivity index (χ3v) is 3.39. The average Bonchev–Trinajstić information content (AvgIpc) is 2.46. The van der Waals surface area contributed by atoms with Crippen molar-refractivity contribution in [2.45, 2.75) is 13.0 Å². The van der Waals surface area contributed by atoms with Gasteiger partial charge in [0.25, 0.3) is 0 Å². The highest BCUT2D eigenvalue weighted by atomic mass is 32.1. The van der Waals surface area contributed by atoms with Crippen LogP contribution in [0.15, 0.2) is 18.2 Å². The zero-order chi connectivity index (χ0) is 15.7. The lowest BCUT2D eigenvalue weighted by atomic mass is 10.1. The molecule has 6 heteroatoms. The second kappa shape index (κ2) is 9.78. The van der Waals surface area contributed by atoms with Crippen molar-refractivity contribution in [2.75, 3.05) is 40.5 Å². The molecule has 1 aromatic carbocycles. The van der Waals surface area contributed by atoms with Crippen molar-refractivity contribution in [3.8, 4) is 0 Å². The standard InChI is InChI=1S/C15H23FN2O2S/c1-19-8-3-6-18(7-9-20-2)11-13-10-12(15(17)21)4-5-14(13)16/h4-5,10H,3,6-9,11H2,1-2H3,(H2,17,21). The van der Waals surface area contributed by atoms with E-state index in [0.29, 0.717) is 30.9 Å². The highest BCUT2D eigenvalue weighted by Crippen LogP contribution is 2.14. The average molecular weight is 314 g/mol. The largest absolute Gasteiger partial charge is 0.389 e. The molecule has 0 saturated carbocycles. The van der Waals surface area contributed by atoms with Crippen molar-refractivity contribution in [3.05, 3.63) is 35.1 Å². The van der Waals surface area contributed by atoms with Crippen LogP contribution in [0.3, 0.4) is 0 Å². The Morgan fingerprint density at radius 2 is 1.95 bits per heavy atom. The molecular formula is C15H23FN2O2S. The van der Waals surface area contributed by atoms with E-state index in [-0.39, 0.29) is 10.8 Å².